The van der Waals surface area contributed by atoms with E-state index < -0.39 is 35.3 Å². The number of pyridine rings is 1. The fourth-order valence-corrected chi connectivity index (χ4v) is 3.32. The number of nitrogens with one attached hydrogen (secondary N) is 1. The lowest BCUT2D eigenvalue weighted by molar-refractivity contribution is -0.135. The van der Waals surface area contributed by atoms with Gasteiger partial charge in [-0.25, -0.2) is 0 Å². The predicted molar refractivity (Wildman–Crippen MR) is 115 cm³/mol. The molecule has 2 aromatic carbocycles. The minimum absolute atomic E-state index is 0.0245. The van der Waals surface area contributed by atoms with Gasteiger partial charge in [0.1, 0.15) is 17.9 Å². The van der Waals surface area contributed by atoms with Gasteiger partial charge in [-0.05, 0) is 34.2 Å². The number of hydrogen-bond acceptors (Lipinski definition) is 4. The molecule has 0 saturated carbocycles. The summed E-state index contributed by atoms with van der Waals surface area (Å²) in [5.74, 6) is -2.65. The van der Waals surface area contributed by atoms with E-state index in [4.69, 9.17) is 5.11 Å². The Labute approximate surface area is 173 Å². The number of aryl methyl sites for hydroxylation is 1. The normalized spacial score (nSPS) is 11.5. The molecule has 0 unspecified atom stereocenters. The SMILES string of the molecule is Cn1c(=O)c(C(=O)NCC(=O)O)c(O)c2cc(-c3ccc(C(C)(C)C)cc3)ccc21. The lowest BCUT2D eigenvalue weighted by Gasteiger charge is -2.19. The van der Waals surface area contributed by atoms with Gasteiger partial charge in [0.2, 0.25) is 0 Å². The summed E-state index contributed by atoms with van der Waals surface area (Å²) < 4.78 is 1.26. The zero-order valence-electron chi connectivity index (χ0n) is 17.3. The third kappa shape index (κ3) is 3.91. The molecule has 3 aromatic rings. The maximum atomic E-state index is 12.6. The number of amides is 1. The second-order valence-electron chi connectivity index (χ2n) is 8.22. The average molecular weight is 408 g/mol. The summed E-state index contributed by atoms with van der Waals surface area (Å²) in [5.41, 5.74) is 2.23. The van der Waals surface area contributed by atoms with Crippen LogP contribution in [0.25, 0.3) is 22.0 Å². The first-order valence-corrected chi connectivity index (χ1v) is 9.47. The quantitative estimate of drug-likeness (QED) is 0.615. The minimum Gasteiger partial charge on any atom is -0.506 e. The van der Waals surface area contributed by atoms with Crippen LogP contribution < -0.4 is 10.9 Å². The van der Waals surface area contributed by atoms with Crippen LogP contribution in [0, 0.1) is 0 Å². The van der Waals surface area contributed by atoms with E-state index in [0.717, 1.165) is 11.1 Å². The fraction of sp³-hybridized carbons (Fsp3) is 0.261. The Bertz CT molecular complexity index is 1200. The molecule has 0 atom stereocenters. The van der Waals surface area contributed by atoms with Gasteiger partial charge in [-0.15, -0.1) is 0 Å². The van der Waals surface area contributed by atoms with E-state index in [1.165, 1.54) is 17.2 Å². The number of carboxylic acid groups (broad SMARTS) is 1. The first-order chi connectivity index (χ1) is 14.0. The molecule has 3 rings (SSSR count). The predicted octanol–water partition coefficient (Wildman–Crippen LogP) is 3.02. The summed E-state index contributed by atoms with van der Waals surface area (Å²) in [5, 5.41) is 21.9. The lowest BCUT2D eigenvalue weighted by Crippen LogP contribution is -2.35. The second kappa shape index (κ2) is 7.67. The van der Waals surface area contributed by atoms with Crippen molar-refractivity contribution in [1.82, 2.24) is 9.88 Å². The zero-order chi connectivity index (χ0) is 22.2. The number of rotatable bonds is 4. The average Bonchev–Trinajstić information content (AvgIpc) is 2.70. The molecular weight excluding hydrogens is 384 g/mol. The van der Waals surface area contributed by atoms with E-state index in [1.807, 2.05) is 30.3 Å². The standard InChI is InChI=1S/C23H24N2O5/c1-23(2,3)15-8-5-13(6-9-15)14-7-10-17-16(11-14)20(28)19(22(30)25(17)4)21(29)24-12-18(26)27/h5-11,28H,12H2,1-4H3,(H,24,29)(H,26,27). The summed E-state index contributed by atoms with van der Waals surface area (Å²) in [6.45, 7) is 5.74. The summed E-state index contributed by atoms with van der Waals surface area (Å²) in [4.78, 5) is 35.6. The van der Waals surface area contributed by atoms with Crippen LogP contribution in [0.3, 0.4) is 0 Å². The van der Waals surface area contributed by atoms with Crippen molar-refractivity contribution in [2.45, 2.75) is 26.2 Å². The van der Waals surface area contributed by atoms with Gasteiger partial charge in [0.05, 0.1) is 5.52 Å². The molecule has 1 amide bonds. The first kappa shape index (κ1) is 21.1. The Kier molecular flexibility index (Phi) is 5.39. The molecule has 0 aliphatic carbocycles. The van der Waals surface area contributed by atoms with Crippen LogP contribution in [0.4, 0.5) is 0 Å². The van der Waals surface area contributed by atoms with Crippen molar-refractivity contribution in [2.24, 2.45) is 7.05 Å². The largest absolute Gasteiger partial charge is 0.506 e. The fourth-order valence-electron chi connectivity index (χ4n) is 3.32. The molecule has 1 heterocycles. The van der Waals surface area contributed by atoms with Crippen molar-refractivity contribution in [1.29, 1.82) is 0 Å². The number of nitrogens with zero attached hydrogens (tertiary/aromatic N) is 1. The van der Waals surface area contributed by atoms with Gasteiger partial charge in [0.15, 0.2) is 0 Å². The molecule has 1 aromatic heterocycles. The van der Waals surface area contributed by atoms with Crippen LogP contribution in [0.2, 0.25) is 0 Å². The van der Waals surface area contributed by atoms with Crippen LogP contribution in [0.5, 0.6) is 5.75 Å². The van der Waals surface area contributed by atoms with E-state index in [9.17, 15) is 19.5 Å². The molecule has 3 N–H and O–H groups in total. The number of benzene rings is 2. The minimum atomic E-state index is -1.25. The first-order valence-electron chi connectivity index (χ1n) is 9.47. The molecule has 7 heteroatoms. The monoisotopic (exact) mass is 408 g/mol. The number of carbonyl (C=O) groups is 2. The Balaban J connectivity index is 2.12. The van der Waals surface area contributed by atoms with E-state index >= 15 is 0 Å². The molecule has 0 aliphatic heterocycles. The molecule has 0 aliphatic rings. The number of aromatic nitrogens is 1. The smallest absolute Gasteiger partial charge is 0.322 e. The highest BCUT2D eigenvalue weighted by Gasteiger charge is 2.22. The van der Waals surface area contributed by atoms with Crippen LogP contribution in [-0.2, 0) is 17.3 Å². The van der Waals surface area contributed by atoms with Crippen LogP contribution in [-0.4, -0.2) is 33.2 Å². The highest BCUT2D eigenvalue weighted by atomic mass is 16.4. The molecule has 0 radical (unpaired) electrons. The molecule has 0 saturated heterocycles. The highest BCUT2D eigenvalue weighted by molar-refractivity contribution is 6.03. The maximum absolute atomic E-state index is 12.6. The van der Waals surface area contributed by atoms with Crippen LogP contribution >= 0.6 is 0 Å². The van der Waals surface area contributed by atoms with Crippen molar-refractivity contribution >= 4 is 22.8 Å². The van der Waals surface area contributed by atoms with Gasteiger partial charge in [-0.1, -0.05) is 51.1 Å². The highest BCUT2D eigenvalue weighted by Crippen LogP contribution is 2.32. The summed E-state index contributed by atoms with van der Waals surface area (Å²) in [7, 11) is 1.50. The molecule has 156 valence electrons. The second-order valence-corrected chi connectivity index (χ2v) is 8.22. The van der Waals surface area contributed by atoms with Gasteiger partial charge in [-0.3, -0.25) is 14.4 Å². The Morgan fingerprint density at radius 1 is 1.03 bits per heavy atom. The molecule has 0 bridgehead atoms. The van der Waals surface area contributed by atoms with Crippen molar-refractivity contribution in [3.05, 3.63) is 63.9 Å². The zero-order valence-corrected chi connectivity index (χ0v) is 17.3. The Morgan fingerprint density at radius 3 is 2.20 bits per heavy atom. The topological polar surface area (TPSA) is 109 Å². The van der Waals surface area contributed by atoms with Crippen LogP contribution in [0.15, 0.2) is 47.3 Å². The van der Waals surface area contributed by atoms with Gasteiger partial charge in [-0.2, -0.15) is 0 Å². The van der Waals surface area contributed by atoms with Crippen molar-refractivity contribution in [3.63, 3.8) is 0 Å². The Hall–Kier alpha value is -3.61. The molecule has 7 nitrogen and oxygen atoms in total. The van der Waals surface area contributed by atoms with Gasteiger partial charge < -0.3 is 20.1 Å². The number of aromatic hydroxyl groups is 1. The van der Waals surface area contributed by atoms with Crippen molar-refractivity contribution in [2.75, 3.05) is 6.54 Å². The number of hydrogen-bond donors (Lipinski definition) is 3. The maximum Gasteiger partial charge on any atom is 0.322 e. The molecule has 30 heavy (non-hydrogen) atoms. The Morgan fingerprint density at radius 2 is 1.63 bits per heavy atom. The van der Waals surface area contributed by atoms with E-state index in [-0.39, 0.29) is 5.41 Å². The third-order valence-electron chi connectivity index (χ3n) is 5.08. The van der Waals surface area contributed by atoms with E-state index in [2.05, 4.69) is 26.1 Å². The molecule has 0 spiro atoms. The third-order valence-corrected chi connectivity index (χ3v) is 5.08. The molecule has 0 fully saturated rings. The number of carbonyl (C=O) groups excluding carboxylic acids is 1. The van der Waals surface area contributed by atoms with Crippen LogP contribution in [0.1, 0.15) is 36.7 Å². The number of aliphatic carboxylic acids is 1. The molecular formula is C23H24N2O5. The van der Waals surface area contributed by atoms with Crippen molar-refractivity contribution < 1.29 is 19.8 Å². The number of fused-ring (bicyclic) bond motifs is 1. The van der Waals surface area contributed by atoms with Gasteiger partial charge >= 0.3 is 5.97 Å². The summed E-state index contributed by atoms with van der Waals surface area (Å²) >= 11 is 0. The number of carboxylic acids is 1. The summed E-state index contributed by atoms with van der Waals surface area (Å²) in [6.07, 6.45) is 0. The van der Waals surface area contributed by atoms with E-state index in [0.29, 0.717) is 10.9 Å². The lowest BCUT2D eigenvalue weighted by atomic mass is 9.86. The summed E-state index contributed by atoms with van der Waals surface area (Å²) in [6, 6.07) is 13.3. The van der Waals surface area contributed by atoms with Gasteiger partial charge in [0.25, 0.3) is 11.5 Å². The van der Waals surface area contributed by atoms with Crippen molar-refractivity contribution in [3.8, 4) is 16.9 Å². The van der Waals surface area contributed by atoms with E-state index in [1.54, 1.807) is 12.1 Å². The van der Waals surface area contributed by atoms with Gasteiger partial charge in [0, 0.05) is 12.4 Å².